The van der Waals surface area contributed by atoms with E-state index < -0.39 is 10.0 Å². The number of imidazole rings is 1. The van der Waals surface area contributed by atoms with Crippen molar-refractivity contribution in [3.8, 4) is 0 Å². The molecule has 1 aromatic carbocycles. The molecule has 1 N–H and O–H groups in total. The van der Waals surface area contributed by atoms with Crippen molar-refractivity contribution in [3.05, 3.63) is 48.0 Å². The maximum absolute atomic E-state index is 12.9. The molecule has 1 fully saturated rings. The van der Waals surface area contributed by atoms with Gasteiger partial charge in [0.25, 0.3) is 0 Å². The third kappa shape index (κ3) is 4.88. The Morgan fingerprint density at radius 3 is 2.85 bits per heavy atom. The second-order valence-corrected chi connectivity index (χ2v) is 8.70. The third-order valence-electron chi connectivity index (χ3n) is 4.86. The number of aromatic nitrogens is 2. The van der Waals surface area contributed by atoms with Crippen molar-refractivity contribution in [1.82, 2.24) is 14.5 Å². The van der Waals surface area contributed by atoms with Gasteiger partial charge in [0.2, 0.25) is 15.9 Å². The molecule has 1 atom stereocenters. The van der Waals surface area contributed by atoms with E-state index in [9.17, 15) is 13.2 Å². The normalized spacial score (nSPS) is 17.7. The first-order valence-corrected chi connectivity index (χ1v) is 11.1. The van der Waals surface area contributed by atoms with Gasteiger partial charge in [-0.3, -0.25) is 9.52 Å². The minimum atomic E-state index is -3.39. The molecule has 7 nitrogen and oxygen atoms in total. The molecule has 0 radical (unpaired) electrons. The van der Waals surface area contributed by atoms with Crippen LogP contribution in [0.4, 0.5) is 5.69 Å². The summed E-state index contributed by atoms with van der Waals surface area (Å²) in [6.45, 7) is 3.47. The molecule has 0 saturated carbocycles. The number of carbonyl (C=O) groups is 1. The number of benzene rings is 1. The van der Waals surface area contributed by atoms with Crippen molar-refractivity contribution in [1.29, 1.82) is 0 Å². The summed E-state index contributed by atoms with van der Waals surface area (Å²) < 4.78 is 27.8. The number of nitrogens with one attached hydrogen (secondary N) is 1. The molecule has 146 valence electrons. The molecule has 1 aromatic heterocycles. The van der Waals surface area contributed by atoms with E-state index in [4.69, 9.17) is 0 Å². The maximum atomic E-state index is 12.9. The summed E-state index contributed by atoms with van der Waals surface area (Å²) in [5, 5.41) is 0. The van der Waals surface area contributed by atoms with Crippen LogP contribution in [0.5, 0.6) is 0 Å². The van der Waals surface area contributed by atoms with E-state index in [0.29, 0.717) is 17.8 Å². The first-order valence-electron chi connectivity index (χ1n) is 9.22. The van der Waals surface area contributed by atoms with E-state index in [1.165, 1.54) is 0 Å². The maximum Gasteiger partial charge on any atom is 0.229 e. The van der Waals surface area contributed by atoms with Crippen molar-refractivity contribution in [2.75, 3.05) is 24.1 Å². The van der Waals surface area contributed by atoms with Gasteiger partial charge < -0.3 is 9.47 Å². The van der Waals surface area contributed by atoms with Gasteiger partial charge in [-0.15, -0.1) is 0 Å². The molecule has 0 aliphatic carbocycles. The average molecular weight is 391 g/mol. The molecule has 0 spiro atoms. The minimum Gasteiger partial charge on any atom is -0.340 e. The van der Waals surface area contributed by atoms with E-state index in [1.54, 1.807) is 18.2 Å². The Hall–Kier alpha value is -2.35. The van der Waals surface area contributed by atoms with Crippen molar-refractivity contribution in [2.24, 2.45) is 0 Å². The van der Waals surface area contributed by atoms with Crippen LogP contribution in [0, 0.1) is 0 Å². The monoisotopic (exact) mass is 390 g/mol. The number of nitrogens with zero attached hydrogens (tertiary/aromatic N) is 3. The summed E-state index contributed by atoms with van der Waals surface area (Å²) >= 11 is 0. The van der Waals surface area contributed by atoms with Crippen LogP contribution < -0.4 is 4.72 Å². The SMILES string of the molecule is CCc1nccn1C1CCCN(C(=O)Cc2ccccc2NS(C)(=O)=O)C1. The van der Waals surface area contributed by atoms with Gasteiger partial charge in [0.05, 0.1) is 24.4 Å². The number of likely N-dealkylation sites (tertiary alicyclic amines) is 1. The standard InChI is InChI=1S/C19H26N4O3S/c1-3-18-20-10-12-23(18)16-8-6-11-22(14-16)19(24)13-15-7-4-5-9-17(15)21-27(2,25)26/h4-5,7,9-10,12,16,21H,3,6,8,11,13-14H2,1-2H3. The molecule has 1 aliphatic rings. The Bertz CT molecular complexity index is 907. The van der Waals surface area contributed by atoms with Crippen LogP contribution in [0.2, 0.25) is 0 Å². The smallest absolute Gasteiger partial charge is 0.229 e. The Kier molecular flexibility index (Phi) is 5.84. The molecule has 1 unspecified atom stereocenters. The third-order valence-corrected chi connectivity index (χ3v) is 5.45. The molecule has 1 saturated heterocycles. The van der Waals surface area contributed by atoms with E-state index in [2.05, 4.69) is 21.2 Å². The highest BCUT2D eigenvalue weighted by Crippen LogP contribution is 2.24. The van der Waals surface area contributed by atoms with Gasteiger partial charge in [0.1, 0.15) is 5.82 Å². The predicted octanol–water partition coefficient (Wildman–Crippen LogP) is 2.22. The summed E-state index contributed by atoms with van der Waals surface area (Å²) in [6.07, 6.45) is 7.92. The Labute approximate surface area is 160 Å². The minimum absolute atomic E-state index is 0.0145. The first-order chi connectivity index (χ1) is 12.9. The second kappa shape index (κ2) is 8.12. The number of hydrogen-bond donors (Lipinski definition) is 1. The molecular formula is C19H26N4O3S. The number of carbonyl (C=O) groups excluding carboxylic acids is 1. The largest absolute Gasteiger partial charge is 0.340 e. The molecule has 1 amide bonds. The highest BCUT2D eigenvalue weighted by Gasteiger charge is 2.26. The quantitative estimate of drug-likeness (QED) is 0.820. The lowest BCUT2D eigenvalue weighted by Gasteiger charge is -2.34. The number of amides is 1. The zero-order valence-corrected chi connectivity index (χ0v) is 16.6. The van der Waals surface area contributed by atoms with Gasteiger partial charge in [-0.1, -0.05) is 25.1 Å². The summed E-state index contributed by atoms with van der Waals surface area (Å²) in [5.74, 6) is 1.05. The molecule has 2 aromatic rings. The molecule has 1 aliphatic heterocycles. The lowest BCUT2D eigenvalue weighted by Crippen LogP contribution is -2.41. The van der Waals surface area contributed by atoms with Crippen molar-refractivity contribution in [3.63, 3.8) is 0 Å². The number of aryl methyl sites for hydroxylation is 1. The molecule has 3 rings (SSSR count). The van der Waals surface area contributed by atoms with Crippen LogP contribution in [-0.2, 0) is 27.7 Å². The fraction of sp³-hybridized carbons (Fsp3) is 0.474. The second-order valence-electron chi connectivity index (χ2n) is 6.95. The Balaban J connectivity index is 1.71. The fourth-order valence-corrected chi connectivity index (χ4v) is 4.21. The molecule has 0 bridgehead atoms. The van der Waals surface area contributed by atoms with Crippen molar-refractivity contribution >= 4 is 21.6 Å². The number of rotatable bonds is 6. The van der Waals surface area contributed by atoms with Crippen molar-refractivity contribution < 1.29 is 13.2 Å². The number of piperidine rings is 1. The van der Waals surface area contributed by atoms with Crippen molar-refractivity contribution in [2.45, 2.75) is 38.6 Å². The fourth-order valence-electron chi connectivity index (χ4n) is 3.61. The zero-order valence-electron chi connectivity index (χ0n) is 15.8. The molecular weight excluding hydrogens is 364 g/mol. The number of para-hydroxylation sites is 1. The first kappa shape index (κ1) is 19.4. The van der Waals surface area contributed by atoms with Crippen LogP contribution in [0.1, 0.15) is 37.2 Å². The van der Waals surface area contributed by atoms with E-state index in [1.807, 2.05) is 23.4 Å². The molecule has 2 heterocycles. The van der Waals surface area contributed by atoms with E-state index in [0.717, 1.165) is 37.9 Å². The van der Waals surface area contributed by atoms with Gasteiger partial charge in [-0.2, -0.15) is 0 Å². The molecule has 27 heavy (non-hydrogen) atoms. The number of hydrogen-bond acceptors (Lipinski definition) is 4. The summed E-state index contributed by atoms with van der Waals surface area (Å²) in [6, 6.07) is 7.28. The van der Waals surface area contributed by atoms with Crippen LogP contribution in [0.3, 0.4) is 0 Å². The lowest BCUT2D eigenvalue weighted by atomic mass is 10.0. The summed E-state index contributed by atoms with van der Waals surface area (Å²) in [7, 11) is -3.39. The Morgan fingerprint density at radius 2 is 2.11 bits per heavy atom. The number of anilines is 1. The highest BCUT2D eigenvalue weighted by atomic mass is 32.2. The lowest BCUT2D eigenvalue weighted by molar-refractivity contribution is -0.132. The predicted molar refractivity (Wildman–Crippen MR) is 105 cm³/mol. The van der Waals surface area contributed by atoms with Gasteiger partial charge in [0.15, 0.2) is 0 Å². The topological polar surface area (TPSA) is 84.3 Å². The van der Waals surface area contributed by atoms with Gasteiger partial charge >= 0.3 is 0 Å². The van der Waals surface area contributed by atoms with E-state index in [-0.39, 0.29) is 18.4 Å². The Morgan fingerprint density at radius 1 is 1.33 bits per heavy atom. The van der Waals surface area contributed by atoms with Gasteiger partial charge in [-0.25, -0.2) is 13.4 Å². The highest BCUT2D eigenvalue weighted by molar-refractivity contribution is 7.92. The summed E-state index contributed by atoms with van der Waals surface area (Å²) in [5.41, 5.74) is 1.15. The van der Waals surface area contributed by atoms with Gasteiger partial charge in [0, 0.05) is 31.9 Å². The summed E-state index contributed by atoms with van der Waals surface area (Å²) in [4.78, 5) is 19.1. The zero-order chi connectivity index (χ0) is 19.4. The number of sulfonamides is 1. The van der Waals surface area contributed by atoms with Gasteiger partial charge in [-0.05, 0) is 24.5 Å². The van der Waals surface area contributed by atoms with Crippen LogP contribution in [0.25, 0.3) is 0 Å². The molecule has 8 heteroatoms. The van der Waals surface area contributed by atoms with E-state index >= 15 is 0 Å². The van der Waals surface area contributed by atoms with Crippen LogP contribution in [0.15, 0.2) is 36.7 Å². The van der Waals surface area contributed by atoms with Crippen LogP contribution in [-0.4, -0.2) is 48.1 Å². The average Bonchev–Trinajstić information content (AvgIpc) is 3.11. The van der Waals surface area contributed by atoms with Crippen LogP contribution >= 0.6 is 0 Å².